The monoisotopic (exact) mass is 287 g/mol. The molecule has 1 saturated heterocycles. The fourth-order valence-electron chi connectivity index (χ4n) is 2.79. The molecule has 1 aromatic carbocycles. The minimum atomic E-state index is -4.14. The van der Waals surface area contributed by atoms with Gasteiger partial charge in [-0.05, 0) is 31.9 Å². The van der Waals surface area contributed by atoms with Gasteiger partial charge in [0.1, 0.15) is 0 Å². The number of nitrogens with zero attached hydrogens (tertiary/aromatic N) is 1. The van der Waals surface area contributed by atoms with E-state index in [1.807, 2.05) is 18.2 Å². The summed E-state index contributed by atoms with van der Waals surface area (Å²) in [7, 11) is 0. The molecule has 5 heteroatoms. The highest BCUT2D eigenvalue weighted by Gasteiger charge is 2.42. The normalized spacial score (nSPS) is 24.4. The van der Waals surface area contributed by atoms with Gasteiger partial charge >= 0.3 is 6.18 Å². The van der Waals surface area contributed by atoms with E-state index in [4.69, 9.17) is 0 Å². The first kappa shape index (κ1) is 15.3. The molecule has 1 aromatic rings. The third kappa shape index (κ3) is 3.73. The Hall–Kier alpha value is -1.07. The van der Waals surface area contributed by atoms with Crippen LogP contribution in [0.15, 0.2) is 30.3 Å². The highest BCUT2D eigenvalue weighted by Crippen LogP contribution is 2.34. The van der Waals surface area contributed by atoms with Crippen molar-refractivity contribution in [3.8, 4) is 0 Å². The summed E-state index contributed by atoms with van der Waals surface area (Å²) >= 11 is 0. The predicted molar refractivity (Wildman–Crippen MR) is 71.2 cm³/mol. The number of benzene rings is 1. The lowest BCUT2D eigenvalue weighted by atomic mass is 9.92. The topological polar surface area (TPSA) is 23.5 Å². The Morgan fingerprint density at radius 2 is 1.90 bits per heavy atom. The first-order valence-electron chi connectivity index (χ1n) is 6.86. The lowest BCUT2D eigenvalue weighted by Crippen LogP contribution is -2.47. The SMILES string of the molecule is CC(O)(CN1CCCC(C(F)(F)F)C1)c1ccccc1. The number of likely N-dealkylation sites (tertiary alicyclic amines) is 1. The van der Waals surface area contributed by atoms with Gasteiger partial charge in [0.15, 0.2) is 0 Å². The minimum Gasteiger partial charge on any atom is -0.384 e. The average Bonchev–Trinajstić information content (AvgIpc) is 2.38. The largest absolute Gasteiger partial charge is 0.393 e. The van der Waals surface area contributed by atoms with Crippen LogP contribution in [0.25, 0.3) is 0 Å². The molecule has 0 spiro atoms. The van der Waals surface area contributed by atoms with Crippen LogP contribution in [0.2, 0.25) is 0 Å². The van der Waals surface area contributed by atoms with E-state index in [1.54, 1.807) is 24.0 Å². The summed E-state index contributed by atoms with van der Waals surface area (Å²) in [6.07, 6.45) is -3.43. The Morgan fingerprint density at radius 1 is 1.25 bits per heavy atom. The summed E-state index contributed by atoms with van der Waals surface area (Å²) in [5.74, 6) is -1.28. The Labute approximate surface area is 117 Å². The molecule has 2 atom stereocenters. The third-order valence-corrected chi connectivity index (χ3v) is 3.90. The van der Waals surface area contributed by atoms with Crippen molar-refractivity contribution in [2.45, 2.75) is 31.5 Å². The molecule has 0 bridgehead atoms. The first-order chi connectivity index (χ1) is 9.29. The second-order valence-electron chi connectivity index (χ2n) is 5.76. The number of aliphatic hydroxyl groups is 1. The summed E-state index contributed by atoms with van der Waals surface area (Å²) < 4.78 is 38.3. The standard InChI is InChI=1S/C15H20F3NO/c1-14(20,12-6-3-2-4-7-12)11-19-9-5-8-13(10-19)15(16,17)18/h2-4,6-7,13,20H,5,8-11H2,1H3. The molecule has 0 saturated carbocycles. The number of halogens is 3. The van der Waals surface area contributed by atoms with Crippen molar-refractivity contribution in [2.75, 3.05) is 19.6 Å². The fraction of sp³-hybridized carbons (Fsp3) is 0.600. The molecule has 0 aromatic heterocycles. The van der Waals surface area contributed by atoms with Gasteiger partial charge in [-0.15, -0.1) is 0 Å². The maximum absolute atomic E-state index is 12.8. The molecule has 1 aliphatic heterocycles. The quantitative estimate of drug-likeness (QED) is 0.923. The zero-order chi connectivity index (χ0) is 14.8. The van der Waals surface area contributed by atoms with Crippen molar-refractivity contribution in [1.29, 1.82) is 0 Å². The second kappa shape index (κ2) is 5.74. The zero-order valence-electron chi connectivity index (χ0n) is 11.5. The van der Waals surface area contributed by atoms with E-state index in [9.17, 15) is 18.3 Å². The maximum atomic E-state index is 12.8. The second-order valence-corrected chi connectivity index (χ2v) is 5.76. The van der Waals surface area contributed by atoms with Crippen LogP contribution in [0.3, 0.4) is 0 Å². The minimum absolute atomic E-state index is 0.0213. The summed E-state index contributed by atoms with van der Waals surface area (Å²) in [5.41, 5.74) is -0.400. The molecule has 0 radical (unpaired) electrons. The van der Waals surface area contributed by atoms with Gasteiger partial charge in [0, 0.05) is 13.1 Å². The molecule has 112 valence electrons. The van der Waals surface area contributed by atoms with Crippen LogP contribution in [-0.4, -0.2) is 35.8 Å². The number of hydrogen-bond donors (Lipinski definition) is 1. The van der Waals surface area contributed by atoms with Crippen LogP contribution in [0, 0.1) is 5.92 Å². The molecule has 0 aliphatic carbocycles. The lowest BCUT2D eigenvalue weighted by Gasteiger charge is -2.38. The Morgan fingerprint density at radius 3 is 2.50 bits per heavy atom. The lowest BCUT2D eigenvalue weighted by molar-refractivity contribution is -0.189. The maximum Gasteiger partial charge on any atom is 0.393 e. The molecule has 0 amide bonds. The van der Waals surface area contributed by atoms with Crippen LogP contribution in [0.4, 0.5) is 13.2 Å². The van der Waals surface area contributed by atoms with Crippen molar-refractivity contribution in [3.63, 3.8) is 0 Å². The van der Waals surface area contributed by atoms with E-state index < -0.39 is 17.7 Å². The number of rotatable bonds is 3. The predicted octanol–water partition coefficient (Wildman–Crippen LogP) is 3.17. The molecule has 20 heavy (non-hydrogen) atoms. The average molecular weight is 287 g/mol. The number of alkyl halides is 3. The van der Waals surface area contributed by atoms with Gasteiger partial charge in [-0.2, -0.15) is 13.2 Å². The molecule has 1 aliphatic rings. The van der Waals surface area contributed by atoms with Gasteiger partial charge < -0.3 is 5.11 Å². The van der Waals surface area contributed by atoms with Crippen molar-refractivity contribution in [1.82, 2.24) is 4.90 Å². The van der Waals surface area contributed by atoms with Crippen LogP contribution < -0.4 is 0 Å². The van der Waals surface area contributed by atoms with Crippen LogP contribution in [0.5, 0.6) is 0 Å². The highest BCUT2D eigenvalue weighted by molar-refractivity contribution is 5.21. The van der Waals surface area contributed by atoms with Gasteiger partial charge in [0.25, 0.3) is 0 Å². The summed E-state index contributed by atoms with van der Waals surface area (Å²) in [6.45, 7) is 2.46. The highest BCUT2D eigenvalue weighted by atomic mass is 19.4. The fourth-order valence-corrected chi connectivity index (χ4v) is 2.79. The third-order valence-electron chi connectivity index (χ3n) is 3.90. The molecule has 2 unspecified atom stereocenters. The number of piperidine rings is 1. The smallest absolute Gasteiger partial charge is 0.384 e. The summed E-state index contributed by atoms with van der Waals surface area (Å²) in [5, 5.41) is 10.5. The molecule has 2 rings (SSSR count). The Bertz CT molecular complexity index is 430. The van der Waals surface area contributed by atoms with Gasteiger partial charge in [-0.3, -0.25) is 4.90 Å². The molecule has 1 N–H and O–H groups in total. The Kier molecular flexibility index (Phi) is 4.39. The summed E-state index contributed by atoms with van der Waals surface area (Å²) in [6, 6.07) is 9.08. The van der Waals surface area contributed by atoms with Crippen molar-refractivity contribution in [3.05, 3.63) is 35.9 Å². The van der Waals surface area contributed by atoms with Crippen molar-refractivity contribution in [2.24, 2.45) is 5.92 Å². The van der Waals surface area contributed by atoms with E-state index in [1.165, 1.54) is 0 Å². The van der Waals surface area contributed by atoms with Crippen LogP contribution in [0.1, 0.15) is 25.3 Å². The molecule has 1 fully saturated rings. The van der Waals surface area contributed by atoms with E-state index in [-0.39, 0.29) is 19.5 Å². The van der Waals surface area contributed by atoms with Crippen molar-refractivity contribution >= 4 is 0 Å². The molecule has 2 nitrogen and oxygen atoms in total. The van der Waals surface area contributed by atoms with E-state index >= 15 is 0 Å². The molecule has 1 heterocycles. The zero-order valence-corrected chi connectivity index (χ0v) is 11.5. The number of β-amino-alcohol motifs (C(OH)–C–C–N with tert-alkyl or cyclic N) is 1. The van der Waals surface area contributed by atoms with Crippen LogP contribution in [-0.2, 0) is 5.60 Å². The number of hydrogen-bond acceptors (Lipinski definition) is 2. The Balaban J connectivity index is 2.02. The van der Waals surface area contributed by atoms with Crippen molar-refractivity contribution < 1.29 is 18.3 Å². The van der Waals surface area contributed by atoms with Crippen LogP contribution >= 0.6 is 0 Å². The molecular formula is C15H20F3NO. The van der Waals surface area contributed by atoms with E-state index in [2.05, 4.69) is 0 Å². The summed E-state index contributed by atoms with van der Waals surface area (Å²) in [4.78, 5) is 1.72. The molecular weight excluding hydrogens is 267 g/mol. The van der Waals surface area contributed by atoms with Gasteiger partial charge in [-0.1, -0.05) is 30.3 Å². The van der Waals surface area contributed by atoms with Gasteiger partial charge in [-0.25, -0.2) is 0 Å². The first-order valence-corrected chi connectivity index (χ1v) is 6.86. The van der Waals surface area contributed by atoms with E-state index in [0.29, 0.717) is 13.0 Å². The van der Waals surface area contributed by atoms with E-state index in [0.717, 1.165) is 5.56 Å². The van der Waals surface area contributed by atoms with Gasteiger partial charge in [0.2, 0.25) is 0 Å². The van der Waals surface area contributed by atoms with Gasteiger partial charge in [0.05, 0.1) is 11.5 Å².